The van der Waals surface area contributed by atoms with Gasteiger partial charge in [0, 0.05) is 6.07 Å². The van der Waals surface area contributed by atoms with Crippen LogP contribution in [0.3, 0.4) is 0 Å². The molecule has 1 atom stereocenters. The number of nitrogens with zero attached hydrogens (tertiary/aromatic N) is 1. The monoisotopic (exact) mass is 306 g/mol. The molecule has 0 aliphatic rings. The van der Waals surface area contributed by atoms with Crippen molar-refractivity contribution in [2.24, 2.45) is 5.73 Å². The molecule has 4 N–H and O–H groups in total. The lowest BCUT2D eigenvalue weighted by atomic mass is 10.2. The van der Waals surface area contributed by atoms with Crippen LogP contribution in [0.1, 0.15) is 11.8 Å². The molecule has 0 saturated carbocycles. The van der Waals surface area contributed by atoms with Crippen molar-refractivity contribution in [2.75, 3.05) is 0 Å². The molecule has 0 saturated heterocycles. The minimum absolute atomic E-state index is 0.278. The van der Waals surface area contributed by atoms with Crippen LogP contribution in [0.2, 0.25) is 0 Å². The maximum Gasteiger partial charge on any atom is 0.511 e. The van der Waals surface area contributed by atoms with Crippen molar-refractivity contribution in [2.45, 2.75) is 6.23 Å². The topological polar surface area (TPSA) is 136 Å². The zero-order valence-electron chi connectivity index (χ0n) is 11.3. The Morgan fingerprint density at radius 2 is 1.68 bits per heavy atom. The Balaban J connectivity index is 0.000000235. The number of nitrogens with two attached hydrogens (primary N) is 1. The quantitative estimate of drug-likeness (QED) is 0.260. The average molecular weight is 306 g/mol. The van der Waals surface area contributed by atoms with Crippen LogP contribution in [-0.2, 0) is 0 Å². The van der Waals surface area contributed by atoms with Crippen molar-refractivity contribution in [3.8, 4) is 5.75 Å². The predicted molar refractivity (Wildman–Crippen MR) is 77.3 cm³/mol. The van der Waals surface area contributed by atoms with Gasteiger partial charge >= 0.3 is 11.8 Å². The van der Waals surface area contributed by atoms with Crippen LogP contribution < -0.4 is 10.5 Å². The third-order valence-corrected chi connectivity index (χ3v) is 2.40. The van der Waals surface area contributed by atoms with E-state index in [-0.39, 0.29) is 11.4 Å². The van der Waals surface area contributed by atoms with Crippen LogP contribution in [0, 0.1) is 10.1 Å². The molecule has 0 aliphatic carbocycles. The van der Waals surface area contributed by atoms with Crippen LogP contribution in [-0.4, -0.2) is 21.3 Å². The normalized spacial score (nSPS) is 10.8. The first-order chi connectivity index (χ1) is 10.4. The number of carbonyl (C=O) groups is 1. The number of nitro benzene ring substituents is 1. The summed E-state index contributed by atoms with van der Waals surface area (Å²) in [5.41, 5.74) is 5.55. The Morgan fingerprint density at radius 1 is 1.14 bits per heavy atom. The second kappa shape index (κ2) is 8.35. The second-order valence-electron chi connectivity index (χ2n) is 3.95. The second-order valence-corrected chi connectivity index (χ2v) is 3.95. The van der Waals surface area contributed by atoms with Crippen molar-refractivity contribution >= 4 is 11.8 Å². The van der Waals surface area contributed by atoms with E-state index in [2.05, 4.69) is 4.74 Å². The Labute approximate surface area is 125 Å². The van der Waals surface area contributed by atoms with Gasteiger partial charge in [-0.2, -0.15) is 0 Å². The van der Waals surface area contributed by atoms with Gasteiger partial charge in [0.15, 0.2) is 0 Å². The molecule has 116 valence electrons. The predicted octanol–water partition coefficient (Wildman–Crippen LogP) is 2.29. The van der Waals surface area contributed by atoms with Crippen molar-refractivity contribution in [3.63, 3.8) is 0 Å². The molecule has 0 fully saturated rings. The molecule has 0 heterocycles. The number of rotatable bonds is 3. The number of aliphatic hydroxyl groups excluding tert-OH is 1. The van der Waals surface area contributed by atoms with Gasteiger partial charge in [0.25, 0.3) is 0 Å². The molecule has 0 amide bonds. The SMILES string of the molecule is NC(O)c1ccccc1.O=C(O)Oc1ccccc1[N+](=O)[O-]. The summed E-state index contributed by atoms with van der Waals surface area (Å²) >= 11 is 0. The summed E-state index contributed by atoms with van der Waals surface area (Å²) in [6.07, 6.45) is -2.42. The highest BCUT2D eigenvalue weighted by atomic mass is 16.7. The number of para-hydroxylation sites is 2. The van der Waals surface area contributed by atoms with E-state index in [1.54, 1.807) is 12.1 Å². The molecule has 8 heteroatoms. The molecule has 0 bridgehead atoms. The van der Waals surface area contributed by atoms with Gasteiger partial charge in [-0.1, -0.05) is 42.5 Å². The molecule has 0 spiro atoms. The third kappa shape index (κ3) is 5.57. The summed E-state index contributed by atoms with van der Waals surface area (Å²) in [5, 5.41) is 27.4. The maximum absolute atomic E-state index is 10.3. The van der Waals surface area contributed by atoms with Crippen molar-refractivity contribution < 1.29 is 24.7 Å². The van der Waals surface area contributed by atoms with Gasteiger partial charge in [-0.25, -0.2) is 4.79 Å². The van der Waals surface area contributed by atoms with Crippen LogP contribution >= 0.6 is 0 Å². The highest BCUT2D eigenvalue weighted by molar-refractivity contribution is 5.64. The smallest absolute Gasteiger partial charge is 0.449 e. The van der Waals surface area contributed by atoms with Gasteiger partial charge in [-0.3, -0.25) is 10.1 Å². The number of ether oxygens (including phenoxy) is 1. The Bertz CT molecular complexity index is 630. The minimum atomic E-state index is -1.57. The van der Waals surface area contributed by atoms with Crippen LogP contribution in [0.15, 0.2) is 54.6 Å². The fraction of sp³-hybridized carbons (Fsp3) is 0.0714. The van der Waals surface area contributed by atoms with Gasteiger partial charge < -0.3 is 20.7 Å². The molecule has 22 heavy (non-hydrogen) atoms. The Kier molecular flexibility index (Phi) is 6.48. The lowest BCUT2D eigenvalue weighted by Gasteiger charge is -2.01. The van der Waals surface area contributed by atoms with Crippen molar-refractivity contribution in [1.29, 1.82) is 0 Å². The molecular formula is C14H14N2O6. The molecular weight excluding hydrogens is 292 g/mol. The fourth-order valence-electron chi connectivity index (χ4n) is 1.44. The van der Waals surface area contributed by atoms with E-state index in [1.807, 2.05) is 18.2 Å². The van der Waals surface area contributed by atoms with Gasteiger partial charge in [0.05, 0.1) is 4.92 Å². The first kappa shape index (κ1) is 17.1. The molecule has 2 aromatic rings. The summed E-state index contributed by atoms with van der Waals surface area (Å²) in [7, 11) is 0. The first-order valence-electron chi connectivity index (χ1n) is 6.04. The lowest BCUT2D eigenvalue weighted by Crippen LogP contribution is -2.07. The van der Waals surface area contributed by atoms with E-state index in [0.29, 0.717) is 0 Å². The largest absolute Gasteiger partial charge is 0.511 e. The Hall–Kier alpha value is -2.97. The third-order valence-electron chi connectivity index (χ3n) is 2.40. The van der Waals surface area contributed by atoms with E-state index in [0.717, 1.165) is 11.6 Å². The highest BCUT2D eigenvalue weighted by Gasteiger charge is 2.15. The number of carboxylic acid groups (broad SMARTS) is 1. The molecule has 2 rings (SSSR count). The van der Waals surface area contributed by atoms with Crippen molar-refractivity contribution in [3.05, 3.63) is 70.3 Å². The number of hydrogen-bond donors (Lipinski definition) is 3. The number of hydrogen-bond acceptors (Lipinski definition) is 6. The molecule has 0 radical (unpaired) electrons. The summed E-state index contributed by atoms with van der Waals surface area (Å²) < 4.78 is 4.18. The number of aliphatic hydroxyl groups is 1. The van der Waals surface area contributed by atoms with E-state index in [9.17, 15) is 14.9 Å². The van der Waals surface area contributed by atoms with E-state index >= 15 is 0 Å². The Morgan fingerprint density at radius 3 is 2.14 bits per heavy atom. The maximum atomic E-state index is 10.3. The van der Waals surface area contributed by atoms with Gasteiger partial charge in [-0.15, -0.1) is 0 Å². The molecule has 2 aromatic carbocycles. The van der Waals surface area contributed by atoms with E-state index in [1.165, 1.54) is 18.2 Å². The average Bonchev–Trinajstić information content (AvgIpc) is 2.48. The minimum Gasteiger partial charge on any atom is -0.449 e. The standard InChI is InChI=1S/C7H5NO5.C7H9NO/c9-7(10)13-6-4-2-1-3-5(6)8(11)12;8-7(9)6-4-2-1-3-5-6/h1-4H,(H,9,10);1-5,7,9H,8H2. The zero-order chi connectivity index (χ0) is 16.5. The summed E-state index contributed by atoms with van der Waals surface area (Å²) in [6, 6.07) is 14.4. The summed E-state index contributed by atoms with van der Waals surface area (Å²) in [6.45, 7) is 0. The summed E-state index contributed by atoms with van der Waals surface area (Å²) in [4.78, 5) is 19.7. The molecule has 0 aliphatic heterocycles. The van der Waals surface area contributed by atoms with E-state index < -0.39 is 17.3 Å². The molecule has 8 nitrogen and oxygen atoms in total. The number of nitro groups is 1. The zero-order valence-corrected chi connectivity index (χ0v) is 11.3. The van der Waals surface area contributed by atoms with E-state index in [4.69, 9.17) is 15.9 Å². The molecule has 0 aromatic heterocycles. The van der Waals surface area contributed by atoms with Crippen LogP contribution in [0.25, 0.3) is 0 Å². The summed E-state index contributed by atoms with van der Waals surface area (Å²) in [5.74, 6) is -0.278. The van der Waals surface area contributed by atoms with Gasteiger partial charge in [-0.05, 0) is 11.6 Å². The fourth-order valence-corrected chi connectivity index (χ4v) is 1.44. The van der Waals surface area contributed by atoms with Gasteiger partial charge in [0.2, 0.25) is 5.75 Å². The molecule has 1 unspecified atom stereocenters. The van der Waals surface area contributed by atoms with Crippen molar-refractivity contribution in [1.82, 2.24) is 0 Å². The van der Waals surface area contributed by atoms with Crippen LogP contribution in [0.5, 0.6) is 5.75 Å². The highest BCUT2D eigenvalue weighted by Crippen LogP contribution is 2.25. The first-order valence-corrected chi connectivity index (χ1v) is 6.04. The van der Waals surface area contributed by atoms with Gasteiger partial charge in [0.1, 0.15) is 6.23 Å². The van der Waals surface area contributed by atoms with Crippen LogP contribution in [0.4, 0.5) is 10.5 Å². The lowest BCUT2D eigenvalue weighted by molar-refractivity contribution is -0.385. The number of benzene rings is 2.